The van der Waals surface area contributed by atoms with Gasteiger partial charge in [0.05, 0.1) is 23.8 Å². The Morgan fingerprint density at radius 1 is 0.886 bits per heavy atom. The highest BCUT2D eigenvalue weighted by molar-refractivity contribution is 8.18. The van der Waals surface area contributed by atoms with Gasteiger partial charge in [-0.2, -0.15) is 0 Å². The highest BCUT2D eigenvalue weighted by atomic mass is 32.2. The third-order valence-electron chi connectivity index (χ3n) is 6.54. The van der Waals surface area contributed by atoms with Crippen molar-refractivity contribution in [3.63, 3.8) is 0 Å². The van der Waals surface area contributed by atoms with E-state index in [9.17, 15) is 4.79 Å². The second-order valence-corrected chi connectivity index (χ2v) is 9.73. The van der Waals surface area contributed by atoms with Crippen molar-refractivity contribution in [2.24, 2.45) is 4.99 Å². The quantitative estimate of drug-likeness (QED) is 0.265. The number of rotatable bonds is 3. The molecule has 4 aromatic carbocycles. The lowest BCUT2D eigenvalue weighted by molar-refractivity contribution is -0.121. The molecule has 0 unspecified atom stereocenters. The number of hydrogen-bond acceptors (Lipinski definition) is 5. The number of carbonyl (C=O) groups is 1. The van der Waals surface area contributed by atoms with Crippen LogP contribution in [0.1, 0.15) is 5.56 Å². The van der Waals surface area contributed by atoms with E-state index in [4.69, 9.17) is 9.73 Å². The summed E-state index contributed by atoms with van der Waals surface area (Å²) in [6.45, 7) is 3.32. The van der Waals surface area contributed by atoms with Crippen LogP contribution in [0, 0.1) is 0 Å². The Labute approximate surface area is 208 Å². The number of aliphatic imine (C=N–C) groups is 1. The van der Waals surface area contributed by atoms with Gasteiger partial charge in [-0.25, -0.2) is 4.99 Å². The van der Waals surface area contributed by atoms with Gasteiger partial charge in [0.1, 0.15) is 0 Å². The molecule has 174 valence electrons. The number of amides is 1. The number of hydrogen-bond donors (Lipinski definition) is 0. The number of thioether (sulfide) groups is 1. The van der Waals surface area contributed by atoms with Gasteiger partial charge in [-0.3, -0.25) is 9.69 Å². The third kappa shape index (κ3) is 4.20. The van der Waals surface area contributed by atoms with Gasteiger partial charge in [0.15, 0.2) is 5.17 Å². The number of amidine groups is 1. The van der Waals surface area contributed by atoms with Crippen molar-refractivity contribution in [1.82, 2.24) is 4.90 Å². The van der Waals surface area contributed by atoms with E-state index in [1.807, 2.05) is 42.5 Å². The number of fused-ring (bicyclic) bond motifs is 2. The SMILES string of the molecule is CN1C(=O)C(=Cc2c3ccccc3cc3ccccc23)SC1=Nc1ccc(N2CCOCC2)cc1. The van der Waals surface area contributed by atoms with E-state index < -0.39 is 0 Å². The van der Waals surface area contributed by atoms with Crippen LogP contribution < -0.4 is 4.90 Å². The summed E-state index contributed by atoms with van der Waals surface area (Å²) in [6.07, 6.45) is 2.03. The van der Waals surface area contributed by atoms with Crippen LogP contribution in [0.4, 0.5) is 11.4 Å². The summed E-state index contributed by atoms with van der Waals surface area (Å²) in [7, 11) is 1.79. The monoisotopic (exact) mass is 479 g/mol. The van der Waals surface area contributed by atoms with Crippen molar-refractivity contribution < 1.29 is 9.53 Å². The van der Waals surface area contributed by atoms with E-state index >= 15 is 0 Å². The minimum absolute atomic E-state index is 0.0318. The van der Waals surface area contributed by atoms with Crippen molar-refractivity contribution in [3.05, 3.63) is 89.3 Å². The fourth-order valence-corrected chi connectivity index (χ4v) is 5.63. The molecule has 2 heterocycles. The van der Waals surface area contributed by atoms with E-state index in [0.717, 1.165) is 59.1 Å². The molecule has 0 N–H and O–H groups in total. The second-order valence-electron chi connectivity index (χ2n) is 8.72. The maximum Gasteiger partial charge on any atom is 0.266 e. The molecule has 0 radical (unpaired) electrons. The number of carbonyl (C=O) groups excluding carboxylic acids is 1. The normalized spacial score (nSPS) is 18.9. The predicted molar refractivity (Wildman–Crippen MR) is 146 cm³/mol. The van der Waals surface area contributed by atoms with Crippen molar-refractivity contribution >= 4 is 61.8 Å². The van der Waals surface area contributed by atoms with Gasteiger partial charge in [0.2, 0.25) is 0 Å². The molecule has 0 spiro atoms. The van der Waals surface area contributed by atoms with Crippen LogP contribution >= 0.6 is 11.8 Å². The first-order chi connectivity index (χ1) is 17.2. The van der Waals surface area contributed by atoms with Crippen molar-refractivity contribution in [3.8, 4) is 0 Å². The molecule has 2 fully saturated rings. The molecule has 4 aromatic rings. The number of morpholine rings is 1. The fraction of sp³-hybridized carbons (Fsp3) is 0.172. The van der Waals surface area contributed by atoms with E-state index in [2.05, 4.69) is 47.4 Å². The summed E-state index contributed by atoms with van der Waals surface area (Å²) in [4.78, 5) is 22.6. The number of likely N-dealkylation sites (N-methyl/N-ethyl adjacent to an activating group) is 1. The lowest BCUT2D eigenvalue weighted by Gasteiger charge is -2.28. The average Bonchev–Trinajstić information content (AvgIpc) is 3.17. The number of anilines is 1. The summed E-state index contributed by atoms with van der Waals surface area (Å²) in [5, 5.41) is 5.29. The molecule has 0 aromatic heterocycles. The smallest absolute Gasteiger partial charge is 0.266 e. The van der Waals surface area contributed by atoms with Gasteiger partial charge in [0, 0.05) is 25.8 Å². The number of benzene rings is 4. The molecule has 1 amide bonds. The molecule has 0 atom stereocenters. The Kier molecular flexibility index (Phi) is 5.76. The van der Waals surface area contributed by atoms with E-state index in [1.165, 1.54) is 17.4 Å². The first-order valence-corrected chi connectivity index (χ1v) is 12.6. The molecular weight excluding hydrogens is 454 g/mol. The van der Waals surface area contributed by atoms with Crippen LogP contribution in [0.25, 0.3) is 27.6 Å². The zero-order valence-corrected chi connectivity index (χ0v) is 20.3. The first-order valence-electron chi connectivity index (χ1n) is 11.8. The molecule has 0 aliphatic carbocycles. The average molecular weight is 480 g/mol. The van der Waals surface area contributed by atoms with Gasteiger partial charge in [-0.15, -0.1) is 0 Å². The lowest BCUT2D eigenvalue weighted by Crippen LogP contribution is -2.36. The molecule has 2 aliphatic heterocycles. The lowest BCUT2D eigenvalue weighted by atomic mass is 9.96. The summed E-state index contributed by atoms with van der Waals surface area (Å²) < 4.78 is 5.45. The minimum atomic E-state index is -0.0318. The van der Waals surface area contributed by atoms with Gasteiger partial charge < -0.3 is 9.64 Å². The molecule has 6 heteroatoms. The summed E-state index contributed by atoms with van der Waals surface area (Å²) in [5.74, 6) is -0.0318. The van der Waals surface area contributed by atoms with Gasteiger partial charge in [-0.05, 0) is 75.3 Å². The summed E-state index contributed by atoms with van der Waals surface area (Å²) in [6, 6.07) is 27.1. The van der Waals surface area contributed by atoms with Crippen molar-refractivity contribution in [1.29, 1.82) is 0 Å². The molecule has 2 saturated heterocycles. The van der Waals surface area contributed by atoms with E-state index in [0.29, 0.717) is 10.1 Å². The maximum atomic E-state index is 13.2. The van der Waals surface area contributed by atoms with E-state index in [1.54, 1.807) is 11.9 Å². The van der Waals surface area contributed by atoms with Crippen LogP contribution in [0.2, 0.25) is 0 Å². The molecule has 6 rings (SSSR count). The third-order valence-corrected chi connectivity index (χ3v) is 7.60. The van der Waals surface area contributed by atoms with Crippen molar-refractivity contribution in [2.75, 3.05) is 38.3 Å². The molecule has 0 saturated carbocycles. The highest BCUT2D eigenvalue weighted by Gasteiger charge is 2.30. The topological polar surface area (TPSA) is 45.1 Å². The van der Waals surface area contributed by atoms with Crippen molar-refractivity contribution in [2.45, 2.75) is 0 Å². The van der Waals surface area contributed by atoms with Gasteiger partial charge >= 0.3 is 0 Å². The summed E-state index contributed by atoms with van der Waals surface area (Å²) >= 11 is 1.43. The molecule has 2 aliphatic rings. The Morgan fingerprint density at radius 2 is 1.51 bits per heavy atom. The number of nitrogens with zero attached hydrogens (tertiary/aromatic N) is 3. The first kappa shape index (κ1) is 21.9. The highest BCUT2D eigenvalue weighted by Crippen LogP contribution is 2.37. The fourth-order valence-electron chi connectivity index (χ4n) is 4.66. The Bertz CT molecular complexity index is 1430. The molecule has 35 heavy (non-hydrogen) atoms. The zero-order valence-electron chi connectivity index (χ0n) is 19.5. The van der Waals surface area contributed by atoms with E-state index in [-0.39, 0.29) is 5.91 Å². The van der Waals surface area contributed by atoms with Crippen LogP contribution in [0.5, 0.6) is 0 Å². The Balaban J connectivity index is 1.34. The predicted octanol–water partition coefficient (Wildman–Crippen LogP) is 6.06. The van der Waals surface area contributed by atoms with Gasteiger partial charge in [0.25, 0.3) is 5.91 Å². The van der Waals surface area contributed by atoms with Gasteiger partial charge in [-0.1, -0.05) is 48.5 Å². The van der Waals surface area contributed by atoms with Crippen LogP contribution in [-0.4, -0.2) is 49.3 Å². The zero-order chi connectivity index (χ0) is 23.8. The molecule has 0 bridgehead atoms. The maximum absolute atomic E-state index is 13.2. The Morgan fingerprint density at radius 3 is 2.17 bits per heavy atom. The largest absolute Gasteiger partial charge is 0.378 e. The Hall–Kier alpha value is -3.61. The van der Waals surface area contributed by atoms with Crippen LogP contribution in [0.15, 0.2) is 88.8 Å². The molecular formula is C29H25N3O2S. The number of ether oxygens (including phenoxy) is 1. The molecule has 5 nitrogen and oxygen atoms in total. The minimum Gasteiger partial charge on any atom is -0.378 e. The van der Waals surface area contributed by atoms with Crippen LogP contribution in [-0.2, 0) is 9.53 Å². The second kappa shape index (κ2) is 9.21. The van der Waals surface area contributed by atoms with Crippen LogP contribution in [0.3, 0.4) is 0 Å². The standard InChI is InChI=1S/C29H25N3O2S/c1-31-28(33)27(19-26-24-8-4-2-6-20(24)18-21-7-3-5-9-25(21)26)35-29(31)30-22-10-12-23(13-11-22)32-14-16-34-17-15-32/h2-13,18-19H,14-17H2,1H3. The summed E-state index contributed by atoms with van der Waals surface area (Å²) in [5.41, 5.74) is 3.07.